The molecule has 0 spiro atoms. The minimum atomic E-state index is -0.654. The maximum atomic E-state index is 12.1. The van der Waals surface area contributed by atoms with Gasteiger partial charge in [-0.1, -0.05) is 11.6 Å². The van der Waals surface area contributed by atoms with Gasteiger partial charge < -0.3 is 14.8 Å². The summed E-state index contributed by atoms with van der Waals surface area (Å²) in [7, 11) is 0. The Morgan fingerprint density at radius 2 is 1.79 bits per heavy atom. The Morgan fingerprint density at radius 1 is 1.11 bits per heavy atom. The van der Waals surface area contributed by atoms with Gasteiger partial charge in [-0.05, 0) is 79.6 Å². The number of ether oxygens (including phenoxy) is 2. The fourth-order valence-electron chi connectivity index (χ4n) is 2.51. The van der Waals surface area contributed by atoms with E-state index in [9.17, 15) is 9.59 Å². The van der Waals surface area contributed by atoms with Gasteiger partial charge in [-0.3, -0.25) is 4.79 Å². The topological polar surface area (TPSA) is 88.4 Å². The van der Waals surface area contributed by atoms with Gasteiger partial charge in [0.15, 0.2) is 13.2 Å². The number of carbonyl (C=O) groups excluding carboxylic acids is 2. The molecule has 0 aromatic heterocycles. The van der Waals surface area contributed by atoms with Crippen LogP contribution in [0.2, 0.25) is 5.02 Å². The molecule has 0 aliphatic carbocycles. The Bertz CT molecular complexity index is 917. The summed E-state index contributed by atoms with van der Waals surface area (Å²) in [5, 5.41) is 14.1. The maximum absolute atomic E-state index is 12.1. The van der Waals surface area contributed by atoms with Crippen molar-refractivity contribution in [2.75, 3.05) is 18.5 Å². The van der Waals surface area contributed by atoms with E-state index in [0.717, 1.165) is 33.3 Å². The zero-order valence-electron chi connectivity index (χ0n) is 15.7. The van der Waals surface area contributed by atoms with E-state index in [4.69, 9.17) is 26.3 Å². The van der Waals surface area contributed by atoms with Gasteiger partial charge in [0.2, 0.25) is 0 Å². The van der Waals surface area contributed by atoms with Crippen LogP contribution in [0.3, 0.4) is 0 Å². The van der Waals surface area contributed by atoms with Crippen molar-refractivity contribution in [2.45, 2.75) is 25.7 Å². The molecule has 2 aromatic rings. The summed E-state index contributed by atoms with van der Waals surface area (Å²) in [4.78, 5) is 24.7. The van der Waals surface area contributed by atoms with Crippen LogP contribution in [-0.4, -0.2) is 25.1 Å². The quantitative estimate of drug-likeness (QED) is 0.407. The Hall–Kier alpha value is -2.69. The predicted octanol–water partition coefficient (Wildman–Crippen LogP) is 4.40. The lowest BCUT2D eigenvalue weighted by molar-refractivity contribution is -0.149. The average Bonchev–Trinajstić information content (AvgIpc) is 2.62. The van der Waals surface area contributed by atoms with Crippen molar-refractivity contribution in [3.63, 3.8) is 0 Å². The number of aryl methyl sites for hydroxylation is 3. The molecule has 0 radical (unpaired) electrons. The molecule has 28 heavy (non-hydrogen) atoms. The lowest BCUT2D eigenvalue weighted by atomic mass is 10.1. The third-order valence-electron chi connectivity index (χ3n) is 3.78. The predicted molar refractivity (Wildman–Crippen MR) is 109 cm³/mol. The van der Waals surface area contributed by atoms with Gasteiger partial charge in [0.1, 0.15) is 11.2 Å². The summed E-state index contributed by atoms with van der Waals surface area (Å²) >= 11 is 6.92. The van der Waals surface area contributed by atoms with Gasteiger partial charge in [-0.15, -0.1) is 0 Å². The molecule has 0 fully saturated rings. The van der Waals surface area contributed by atoms with Crippen LogP contribution in [0, 0.1) is 31.4 Å². The van der Waals surface area contributed by atoms with E-state index in [1.165, 1.54) is 0 Å². The molecule has 8 heteroatoms. The number of benzene rings is 2. The van der Waals surface area contributed by atoms with Crippen LogP contribution in [-0.2, 0) is 14.3 Å². The molecule has 146 valence electrons. The van der Waals surface area contributed by atoms with Gasteiger partial charge in [0.25, 0.3) is 5.91 Å². The summed E-state index contributed by atoms with van der Waals surface area (Å²) < 4.78 is 10.3. The van der Waals surface area contributed by atoms with Crippen molar-refractivity contribution in [1.82, 2.24) is 0 Å². The lowest BCUT2D eigenvalue weighted by Gasteiger charge is -2.13. The molecule has 0 atom stereocenters. The molecule has 2 rings (SSSR count). The molecule has 6 nitrogen and oxygen atoms in total. The lowest BCUT2D eigenvalue weighted by Crippen LogP contribution is -2.24. The first-order chi connectivity index (χ1) is 13.3. The molecule has 0 aliphatic heterocycles. The number of esters is 1. The Kier molecular flexibility index (Phi) is 7.73. The molecule has 1 amide bonds. The molecule has 2 aromatic carbocycles. The number of nitrogens with one attached hydrogen (secondary N) is 1. The van der Waals surface area contributed by atoms with Gasteiger partial charge >= 0.3 is 5.97 Å². The molecular weight excluding hydrogens is 400 g/mol. The number of thioether (sulfide) groups is 1. The third-order valence-corrected chi connectivity index (χ3v) is 4.58. The third kappa shape index (κ3) is 6.19. The minimum Gasteiger partial charge on any atom is -0.482 e. The van der Waals surface area contributed by atoms with Crippen molar-refractivity contribution in [3.8, 4) is 11.2 Å². The van der Waals surface area contributed by atoms with E-state index in [0.29, 0.717) is 16.5 Å². The molecule has 0 bridgehead atoms. The molecule has 0 heterocycles. The van der Waals surface area contributed by atoms with Crippen molar-refractivity contribution >= 4 is 40.9 Å². The van der Waals surface area contributed by atoms with Crippen LogP contribution >= 0.6 is 23.4 Å². The maximum Gasteiger partial charge on any atom is 0.344 e. The van der Waals surface area contributed by atoms with Gasteiger partial charge in [0.05, 0.1) is 0 Å². The standard InChI is InChI=1S/C20H19ClN2O4S/c1-12-6-15(21)4-5-17(12)26-10-19(25)27-9-18(24)23-20-13(2)7-16(28-11-22)8-14(20)3/h4-8H,9-10H2,1-3H3,(H,23,24). The fraction of sp³-hybridized carbons (Fsp3) is 0.250. The molecule has 0 unspecified atom stereocenters. The van der Waals surface area contributed by atoms with Crippen LogP contribution in [0.25, 0.3) is 0 Å². The van der Waals surface area contributed by atoms with Crippen LogP contribution in [0.5, 0.6) is 5.75 Å². The largest absolute Gasteiger partial charge is 0.482 e. The van der Waals surface area contributed by atoms with E-state index in [1.54, 1.807) is 18.2 Å². The Morgan fingerprint density at radius 3 is 2.39 bits per heavy atom. The SMILES string of the molecule is Cc1cc(Cl)ccc1OCC(=O)OCC(=O)Nc1c(C)cc(SC#N)cc1C. The van der Waals surface area contributed by atoms with Crippen LogP contribution in [0.1, 0.15) is 16.7 Å². The zero-order chi connectivity index (χ0) is 20.7. The molecule has 0 saturated carbocycles. The smallest absolute Gasteiger partial charge is 0.344 e. The van der Waals surface area contributed by atoms with Gasteiger partial charge in [-0.25, -0.2) is 4.79 Å². The summed E-state index contributed by atoms with van der Waals surface area (Å²) in [6.07, 6.45) is 0. The number of carbonyl (C=O) groups is 2. The highest BCUT2D eigenvalue weighted by molar-refractivity contribution is 8.03. The van der Waals surface area contributed by atoms with E-state index in [-0.39, 0.29) is 6.61 Å². The number of nitrogens with zero attached hydrogens (tertiary/aromatic N) is 1. The number of nitriles is 1. The van der Waals surface area contributed by atoms with Crippen molar-refractivity contribution in [3.05, 3.63) is 52.0 Å². The summed E-state index contributed by atoms with van der Waals surface area (Å²) in [6, 6.07) is 8.67. The molecule has 1 N–H and O–H groups in total. The van der Waals surface area contributed by atoms with Crippen molar-refractivity contribution in [2.24, 2.45) is 0 Å². The number of hydrogen-bond acceptors (Lipinski definition) is 6. The Balaban J connectivity index is 1.85. The number of hydrogen-bond donors (Lipinski definition) is 1. The molecule has 0 saturated heterocycles. The summed E-state index contributed by atoms with van der Waals surface area (Å²) in [5.74, 6) is -0.589. The van der Waals surface area contributed by atoms with Gasteiger partial charge in [-0.2, -0.15) is 5.26 Å². The second kappa shape index (κ2) is 10.0. The van der Waals surface area contributed by atoms with Crippen LogP contribution in [0.15, 0.2) is 35.2 Å². The first-order valence-electron chi connectivity index (χ1n) is 8.31. The second-order valence-electron chi connectivity index (χ2n) is 6.03. The number of rotatable bonds is 7. The van der Waals surface area contributed by atoms with E-state index in [2.05, 4.69) is 5.32 Å². The average molecular weight is 419 g/mol. The fourth-order valence-corrected chi connectivity index (χ4v) is 3.31. The number of thiocyanates is 1. The Labute approximate surface area is 172 Å². The molecule has 0 aliphatic rings. The first-order valence-corrected chi connectivity index (χ1v) is 9.51. The highest BCUT2D eigenvalue weighted by atomic mass is 35.5. The first kappa shape index (κ1) is 21.6. The number of halogens is 1. The minimum absolute atomic E-state index is 0.312. The van der Waals surface area contributed by atoms with E-state index in [1.807, 2.05) is 38.3 Å². The normalized spacial score (nSPS) is 10.1. The monoisotopic (exact) mass is 418 g/mol. The highest BCUT2D eigenvalue weighted by Gasteiger charge is 2.13. The number of amides is 1. The van der Waals surface area contributed by atoms with Crippen molar-refractivity contribution in [1.29, 1.82) is 5.26 Å². The summed E-state index contributed by atoms with van der Waals surface area (Å²) in [5.41, 5.74) is 3.07. The summed E-state index contributed by atoms with van der Waals surface area (Å²) in [6.45, 7) is 4.74. The second-order valence-corrected chi connectivity index (χ2v) is 7.33. The number of anilines is 1. The van der Waals surface area contributed by atoms with Crippen LogP contribution in [0.4, 0.5) is 5.69 Å². The van der Waals surface area contributed by atoms with E-state index >= 15 is 0 Å². The zero-order valence-corrected chi connectivity index (χ0v) is 17.2. The van der Waals surface area contributed by atoms with E-state index < -0.39 is 18.5 Å². The molecular formula is C20H19ClN2O4S. The highest BCUT2D eigenvalue weighted by Crippen LogP contribution is 2.27. The van der Waals surface area contributed by atoms with Crippen molar-refractivity contribution < 1.29 is 19.1 Å². The van der Waals surface area contributed by atoms with Gasteiger partial charge in [0, 0.05) is 15.6 Å². The van der Waals surface area contributed by atoms with Crippen LogP contribution < -0.4 is 10.1 Å².